The molecule has 8 heteroatoms. The number of hydrogen-bond donors (Lipinski definition) is 2. The van der Waals surface area contributed by atoms with Gasteiger partial charge in [-0.1, -0.05) is 13.8 Å². The van der Waals surface area contributed by atoms with Gasteiger partial charge in [0.25, 0.3) is 0 Å². The maximum atomic E-state index is 14.0. The molecule has 3 heterocycles. The topological polar surface area (TPSA) is 93.0 Å². The predicted octanol–water partition coefficient (Wildman–Crippen LogP) is 4.82. The number of hydrogen-bond acceptors (Lipinski definition) is 4. The number of carbonyl (C=O) groups is 1. The summed E-state index contributed by atoms with van der Waals surface area (Å²) >= 11 is 0. The van der Waals surface area contributed by atoms with Crippen LogP contribution in [0.15, 0.2) is 30.5 Å². The first-order valence-electron chi connectivity index (χ1n) is 10.7. The molecule has 1 aromatic carbocycles. The first kappa shape index (κ1) is 20.6. The van der Waals surface area contributed by atoms with Gasteiger partial charge in [0.2, 0.25) is 0 Å². The van der Waals surface area contributed by atoms with E-state index in [4.69, 9.17) is 9.72 Å². The van der Waals surface area contributed by atoms with Crippen LogP contribution in [-0.2, 0) is 9.53 Å². The molecule has 0 unspecified atom stereocenters. The summed E-state index contributed by atoms with van der Waals surface area (Å²) in [5.74, 6) is -1.08. The van der Waals surface area contributed by atoms with Gasteiger partial charge >= 0.3 is 5.97 Å². The number of nitrogens with one attached hydrogen (secondary N) is 1. The van der Waals surface area contributed by atoms with Crippen LogP contribution in [-0.4, -0.2) is 43.5 Å². The number of benzene rings is 1. The maximum Gasteiger partial charge on any atom is 0.335 e. The van der Waals surface area contributed by atoms with Crippen molar-refractivity contribution in [3.63, 3.8) is 0 Å². The average Bonchev–Trinajstić information content (AvgIpc) is 3.30. The number of ether oxygens (including phenoxy) is 1. The summed E-state index contributed by atoms with van der Waals surface area (Å²) in [5.41, 5.74) is 4.72. The Balaban J connectivity index is 1.80. The molecule has 4 aromatic rings. The van der Waals surface area contributed by atoms with E-state index in [1.54, 1.807) is 19.2 Å². The van der Waals surface area contributed by atoms with Gasteiger partial charge in [-0.25, -0.2) is 14.2 Å². The summed E-state index contributed by atoms with van der Waals surface area (Å²) in [6.45, 7) is 5.97. The van der Waals surface area contributed by atoms with E-state index in [1.165, 1.54) is 13.2 Å². The van der Waals surface area contributed by atoms with Crippen LogP contribution < -0.4 is 0 Å². The van der Waals surface area contributed by atoms with Gasteiger partial charge in [0.05, 0.1) is 17.2 Å². The molecule has 1 saturated carbocycles. The largest absolute Gasteiger partial charge is 0.479 e. The van der Waals surface area contributed by atoms with Crippen LogP contribution in [0.1, 0.15) is 55.3 Å². The SMILES string of the molecule is COC1(C(=O)O)CC(c2c(C(C)C)n(-c3ccc(F)c(C)c3)c3cc4cn[nH]c4nc23)C1. The number of aromatic nitrogens is 4. The number of halogens is 1. The lowest BCUT2D eigenvalue weighted by Gasteiger charge is -2.43. The number of aliphatic carboxylic acids is 1. The molecular weight excluding hydrogens is 411 g/mol. The van der Waals surface area contributed by atoms with E-state index < -0.39 is 11.6 Å². The van der Waals surface area contributed by atoms with Crippen molar-refractivity contribution in [3.05, 3.63) is 53.1 Å². The first-order valence-corrected chi connectivity index (χ1v) is 10.7. The summed E-state index contributed by atoms with van der Waals surface area (Å²) in [5, 5.41) is 17.6. The Hall–Kier alpha value is -3.26. The molecule has 3 aromatic heterocycles. The Kier molecular flexibility index (Phi) is 4.60. The fourth-order valence-electron chi connectivity index (χ4n) is 5.00. The summed E-state index contributed by atoms with van der Waals surface area (Å²) in [7, 11) is 1.45. The van der Waals surface area contributed by atoms with E-state index in [0.717, 1.165) is 33.4 Å². The van der Waals surface area contributed by atoms with Crippen molar-refractivity contribution in [1.29, 1.82) is 0 Å². The summed E-state index contributed by atoms with van der Waals surface area (Å²) in [4.78, 5) is 16.7. The second-order valence-corrected chi connectivity index (χ2v) is 9.00. The Morgan fingerprint density at radius 3 is 2.72 bits per heavy atom. The number of aryl methyl sites for hydroxylation is 1. The number of carboxylic acids is 1. The fraction of sp³-hybridized carbons (Fsp3) is 0.375. The number of carboxylic acid groups (broad SMARTS) is 1. The van der Waals surface area contributed by atoms with Crippen molar-refractivity contribution in [2.45, 2.75) is 51.0 Å². The molecule has 0 saturated heterocycles. The van der Waals surface area contributed by atoms with Crippen molar-refractivity contribution in [1.82, 2.24) is 19.7 Å². The molecule has 0 atom stereocenters. The maximum absolute atomic E-state index is 14.0. The number of fused-ring (bicyclic) bond motifs is 2. The summed E-state index contributed by atoms with van der Waals surface area (Å²) in [6, 6.07) is 7.12. The Morgan fingerprint density at radius 2 is 2.09 bits per heavy atom. The van der Waals surface area contributed by atoms with E-state index in [-0.39, 0.29) is 17.7 Å². The minimum absolute atomic E-state index is 0.0124. The van der Waals surface area contributed by atoms with Crippen LogP contribution in [0.2, 0.25) is 0 Å². The van der Waals surface area contributed by atoms with Gasteiger partial charge in [-0.15, -0.1) is 0 Å². The predicted molar refractivity (Wildman–Crippen MR) is 119 cm³/mol. The quantitative estimate of drug-likeness (QED) is 0.468. The molecule has 5 rings (SSSR count). The second-order valence-electron chi connectivity index (χ2n) is 9.00. The molecule has 0 radical (unpaired) electrons. The van der Waals surface area contributed by atoms with Crippen LogP contribution in [0.3, 0.4) is 0 Å². The number of rotatable bonds is 5. The van der Waals surface area contributed by atoms with Crippen LogP contribution in [0.5, 0.6) is 0 Å². The molecule has 1 aliphatic carbocycles. The standard InChI is InChI=1S/C24H25FN4O3/c1-12(2)21-19(15-9-24(10-15,32-4)23(30)31)20-18(8-14-11-26-28-22(14)27-20)29(21)16-5-6-17(25)13(3)7-16/h5-8,11-12,15H,9-10H2,1-4H3,(H,30,31)(H,26,27,28). The van der Waals surface area contributed by atoms with Gasteiger partial charge in [-0.3, -0.25) is 5.10 Å². The van der Waals surface area contributed by atoms with Gasteiger partial charge in [-0.05, 0) is 61.4 Å². The van der Waals surface area contributed by atoms with E-state index in [1.807, 2.05) is 12.1 Å². The number of H-pyrrole nitrogens is 1. The van der Waals surface area contributed by atoms with Crippen molar-refractivity contribution in [2.24, 2.45) is 0 Å². The first-order chi connectivity index (χ1) is 15.3. The van der Waals surface area contributed by atoms with Gasteiger partial charge in [0.1, 0.15) is 5.82 Å². The molecular formula is C24H25FN4O3. The monoisotopic (exact) mass is 436 g/mol. The molecule has 7 nitrogen and oxygen atoms in total. The Labute approximate surface area is 184 Å². The molecule has 32 heavy (non-hydrogen) atoms. The van der Waals surface area contributed by atoms with Gasteiger partial charge in [0.15, 0.2) is 11.2 Å². The lowest BCUT2D eigenvalue weighted by molar-refractivity contribution is -0.175. The molecule has 0 amide bonds. The molecule has 0 aliphatic heterocycles. The van der Waals surface area contributed by atoms with Gasteiger partial charge in [0, 0.05) is 29.4 Å². The zero-order chi connectivity index (χ0) is 22.8. The number of pyridine rings is 1. The second kappa shape index (κ2) is 7.13. The number of aromatic amines is 1. The van der Waals surface area contributed by atoms with E-state index in [0.29, 0.717) is 24.1 Å². The third kappa shape index (κ3) is 2.86. The van der Waals surface area contributed by atoms with Crippen LogP contribution in [0.4, 0.5) is 4.39 Å². The third-order valence-corrected chi connectivity index (χ3v) is 6.71. The number of nitrogens with zero attached hydrogens (tertiary/aromatic N) is 3. The molecule has 1 fully saturated rings. The smallest absolute Gasteiger partial charge is 0.335 e. The van der Waals surface area contributed by atoms with Crippen LogP contribution >= 0.6 is 0 Å². The lowest BCUT2D eigenvalue weighted by atomic mass is 9.67. The van der Waals surface area contributed by atoms with E-state index >= 15 is 0 Å². The fourth-order valence-corrected chi connectivity index (χ4v) is 5.00. The zero-order valence-corrected chi connectivity index (χ0v) is 18.4. The molecule has 0 bridgehead atoms. The van der Waals surface area contributed by atoms with Crippen molar-refractivity contribution < 1.29 is 19.0 Å². The highest BCUT2D eigenvalue weighted by atomic mass is 19.1. The third-order valence-electron chi connectivity index (χ3n) is 6.71. The lowest BCUT2D eigenvalue weighted by Crippen LogP contribution is -2.51. The van der Waals surface area contributed by atoms with Crippen molar-refractivity contribution in [3.8, 4) is 5.69 Å². The van der Waals surface area contributed by atoms with E-state index in [9.17, 15) is 14.3 Å². The van der Waals surface area contributed by atoms with Gasteiger partial charge < -0.3 is 14.4 Å². The zero-order valence-electron chi connectivity index (χ0n) is 18.4. The normalized spacial score (nSPS) is 20.9. The Bertz CT molecular complexity index is 1360. The summed E-state index contributed by atoms with van der Waals surface area (Å²) < 4.78 is 21.6. The van der Waals surface area contributed by atoms with Crippen LogP contribution in [0.25, 0.3) is 27.8 Å². The molecule has 1 aliphatic rings. The molecule has 2 N–H and O–H groups in total. The van der Waals surface area contributed by atoms with Crippen LogP contribution in [0, 0.1) is 12.7 Å². The highest BCUT2D eigenvalue weighted by Gasteiger charge is 2.53. The number of methoxy groups -OCH3 is 1. The summed E-state index contributed by atoms with van der Waals surface area (Å²) in [6.07, 6.45) is 2.49. The highest BCUT2D eigenvalue weighted by Crippen LogP contribution is 2.51. The van der Waals surface area contributed by atoms with Crippen molar-refractivity contribution >= 4 is 28.0 Å². The Morgan fingerprint density at radius 1 is 1.34 bits per heavy atom. The molecule has 166 valence electrons. The minimum Gasteiger partial charge on any atom is -0.479 e. The highest BCUT2D eigenvalue weighted by molar-refractivity contribution is 5.94. The van der Waals surface area contributed by atoms with E-state index in [2.05, 4.69) is 28.6 Å². The minimum atomic E-state index is -1.17. The van der Waals surface area contributed by atoms with Crippen molar-refractivity contribution in [2.75, 3.05) is 7.11 Å². The van der Waals surface area contributed by atoms with Gasteiger partial charge in [-0.2, -0.15) is 5.10 Å². The molecule has 0 spiro atoms. The average molecular weight is 436 g/mol.